The van der Waals surface area contributed by atoms with E-state index >= 15 is 0 Å². The Morgan fingerprint density at radius 2 is 2.05 bits per heavy atom. The predicted octanol–water partition coefficient (Wildman–Crippen LogP) is 2.51. The van der Waals surface area contributed by atoms with Crippen LogP contribution in [-0.2, 0) is 22.3 Å². The van der Waals surface area contributed by atoms with Crippen LogP contribution in [0.4, 0.5) is 0 Å². The van der Waals surface area contributed by atoms with E-state index in [1.165, 1.54) is 11.3 Å². The third kappa shape index (κ3) is 2.90. The molecule has 0 saturated heterocycles. The molecule has 0 unspecified atom stereocenters. The summed E-state index contributed by atoms with van der Waals surface area (Å²) in [5, 5.41) is 6.48. The summed E-state index contributed by atoms with van der Waals surface area (Å²) in [5.74, 6) is -0.185. The van der Waals surface area contributed by atoms with Crippen LogP contribution < -0.4 is 4.72 Å². The lowest BCUT2D eigenvalue weighted by atomic mass is 10.2. The average Bonchev–Trinajstić information content (AvgIpc) is 3.07. The van der Waals surface area contributed by atoms with Crippen LogP contribution in [0.5, 0.6) is 0 Å². The van der Waals surface area contributed by atoms with E-state index in [1.54, 1.807) is 12.1 Å². The van der Waals surface area contributed by atoms with Gasteiger partial charge in [-0.25, -0.2) is 13.1 Å². The molecule has 3 rings (SSSR count). The first kappa shape index (κ1) is 13.3. The van der Waals surface area contributed by atoms with Crippen molar-refractivity contribution in [2.24, 2.45) is 0 Å². The molecule has 7 heteroatoms. The second-order valence-corrected chi connectivity index (χ2v) is 7.12. The smallest absolute Gasteiger partial charge is 0.217 e. The highest BCUT2D eigenvalue weighted by atomic mass is 32.2. The number of sulfonamides is 1. The van der Waals surface area contributed by atoms with Gasteiger partial charge >= 0.3 is 0 Å². The summed E-state index contributed by atoms with van der Waals surface area (Å²) < 4.78 is 31.8. The van der Waals surface area contributed by atoms with Crippen molar-refractivity contribution >= 4 is 32.3 Å². The number of benzene rings is 1. The van der Waals surface area contributed by atoms with Gasteiger partial charge in [-0.1, -0.05) is 23.4 Å². The third-order valence-corrected chi connectivity index (χ3v) is 4.94. The minimum absolute atomic E-state index is 0.185. The summed E-state index contributed by atoms with van der Waals surface area (Å²) in [6.07, 6.45) is 0. The van der Waals surface area contributed by atoms with E-state index < -0.39 is 10.0 Å². The minimum Gasteiger partial charge on any atom is -0.356 e. The van der Waals surface area contributed by atoms with Gasteiger partial charge in [-0.2, -0.15) is 0 Å². The van der Waals surface area contributed by atoms with E-state index in [9.17, 15) is 8.42 Å². The van der Waals surface area contributed by atoms with Gasteiger partial charge in [-0.3, -0.25) is 0 Å². The van der Waals surface area contributed by atoms with Crippen LogP contribution in [0.2, 0.25) is 0 Å². The highest BCUT2D eigenvalue weighted by Crippen LogP contribution is 2.19. The summed E-state index contributed by atoms with van der Waals surface area (Å²) >= 11 is 1.51. The van der Waals surface area contributed by atoms with E-state index in [0.717, 1.165) is 10.3 Å². The first-order valence-electron chi connectivity index (χ1n) is 5.97. The second-order valence-electron chi connectivity index (χ2n) is 4.28. The van der Waals surface area contributed by atoms with E-state index in [1.807, 2.05) is 29.6 Å². The van der Waals surface area contributed by atoms with Crippen LogP contribution >= 0.6 is 11.3 Å². The lowest BCUT2D eigenvalue weighted by Gasteiger charge is -2.03. The van der Waals surface area contributed by atoms with Crippen molar-refractivity contribution in [3.63, 3.8) is 0 Å². The predicted molar refractivity (Wildman–Crippen MR) is 77.8 cm³/mol. The van der Waals surface area contributed by atoms with Crippen molar-refractivity contribution in [3.8, 4) is 0 Å². The Bertz CT molecular complexity index is 807. The third-order valence-electron chi connectivity index (χ3n) is 2.83. The molecule has 2 aromatic heterocycles. The van der Waals surface area contributed by atoms with Crippen LogP contribution in [0.15, 0.2) is 46.3 Å². The molecule has 0 radical (unpaired) electrons. The number of hydrogen-bond donors (Lipinski definition) is 1. The van der Waals surface area contributed by atoms with E-state index in [-0.39, 0.29) is 5.75 Å². The lowest BCUT2D eigenvalue weighted by molar-refractivity contribution is 0.448. The lowest BCUT2D eigenvalue weighted by Crippen LogP contribution is -2.24. The maximum Gasteiger partial charge on any atom is 0.217 e. The number of aromatic nitrogens is 1. The Morgan fingerprint density at radius 1 is 1.20 bits per heavy atom. The minimum atomic E-state index is -3.44. The first-order chi connectivity index (χ1) is 9.64. The molecule has 1 N–H and O–H groups in total. The maximum atomic E-state index is 12.0. The zero-order valence-electron chi connectivity index (χ0n) is 10.4. The normalized spacial score (nSPS) is 12.0. The molecule has 0 fully saturated rings. The van der Waals surface area contributed by atoms with Crippen molar-refractivity contribution in [1.82, 2.24) is 9.88 Å². The topological polar surface area (TPSA) is 72.2 Å². The summed E-state index contributed by atoms with van der Waals surface area (Å²) in [6, 6.07) is 11.0. The summed E-state index contributed by atoms with van der Waals surface area (Å²) in [7, 11) is -3.44. The van der Waals surface area contributed by atoms with Gasteiger partial charge in [0.15, 0.2) is 5.58 Å². The Kier molecular flexibility index (Phi) is 3.56. The van der Waals surface area contributed by atoms with E-state index in [2.05, 4.69) is 9.88 Å². The number of para-hydroxylation sites is 1. The molecule has 0 amide bonds. The molecule has 3 aromatic rings. The van der Waals surface area contributed by atoms with Gasteiger partial charge in [0.1, 0.15) is 11.4 Å². The monoisotopic (exact) mass is 308 g/mol. The van der Waals surface area contributed by atoms with Crippen molar-refractivity contribution in [2.75, 3.05) is 0 Å². The van der Waals surface area contributed by atoms with Crippen LogP contribution in [0.3, 0.4) is 0 Å². The van der Waals surface area contributed by atoms with Gasteiger partial charge in [-0.05, 0) is 23.6 Å². The molecular weight excluding hydrogens is 296 g/mol. The number of hydrogen-bond acceptors (Lipinski definition) is 5. The molecule has 1 aromatic carbocycles. The summed E-state index contributed by atoms with van der Waals surface area (Å²) in [5.41, 5.74) is 1.02. The summed E-state index contributed by atoms with van der Waals surface area (Å²) in [4.78, 5) is 0.971. The molecule has 2 heterocycles. The van der Waals surface area contributed by atoms with Crippen molar-refractivity contribution in [3.05, 3.63) is 52.3 Å². The number of thiophene rings is 1. The van der Waals surface area contributed by atoms with Gasteiger partial charge < -0.3 is 4.52 Å². The SMILES string of the molecule is O=S(=O)(Cc1noc2ccccc12)NCc1cccs1. The van der Waals surface area contributed by atoms with Crippen LogP contribution in [0, 0.1) is 0 Å². The van der Waals surface area contributed by atoms with Gasteiger partial charge in [0.05, 0.1) is 0 Å². The Labute approximate surface area is 120 Å². The van der Waals surface area contributed by atoms with Crippen LogP contribution in [0.25, 0.3) is 11.0 Å². The van der Waals surface area contributed by atoms with Gasteiger partial charge in [0, 0.05) is 16.8 Å². The Hall–Kier alpha value is -1.70. The molecule has 0 saturated carbocycles. The highest BCUT2D eigenvalue weighted by Gasteiger charge is 2.17. The maximum absolute atomic E-state index is 12.0. The molecule has 104 valence electrons. The van der Waals surface area contributed by atoms with Gasteiger partial charge in [-0.15, -0.1) is 11.3 Å². The first-order valence-corrected chi connectivity index (χ1v) is 8.50. The van der Waals surface area contributed by atoms with Crippen LogP contribution in [0.1, 0.15) is 10.6 Å². The highest BCUT2D eigenvalue weighted by molar-refractivity contribution is 7.88. The molecular formula is C13H12N2O3S2. The van der Waals surface area contributed by atoms with E-state index in [4.69, 9.17) is 4.52 Å². The Balaban J connectivity index is 1.76. The zero-order chi connectivity index (χ0) is 14.0. The molecule has 0 aliphatic heterocycles. The van der Waals surface area contributed by atoms with Crippen molar-refractivity contribution in [2.45, 2.75) is 12.3 Å². The molecule has 0 spiro atoms. The number of nitrogens with zero attached hydrogens (tertiary/aromatic N) is 1. The average molecular weight is 308 g/mol. The molecule has 0 aliphatic carbocycles. The van der Waals surface area contributed by atoms with E-state index in [0.29, 0.717) is 17.8 Å². The fourth-order valence-corrected chi connectivity index (χ4v) is 3.65. The van der Waals surface area contributed by atoms with Crippen molar-refractivity contribution in [1.29, 1.82) is 0 Å². The largest absolute Gasteiger partial charge is 0.356 e. The zero-order valence-corrected chi connectivity index (χ0v) is 12.1. The molecule has 20 heavy (non-hydrogen) atoms. The van der Waals surface area contributed by atoms with Gasteiger partial charge in [0.25, 0.3) is 0 Å². The number of nitrogens with one attached hydrogen (secondary N) is 1. The van der Waals surface area contributed by atoms with Gasteiger partial charge in [0.2, 0.25) is 10.0 Å². The molecule has 0 bridgehead atoms. The number of rotatable bonds is 5. The fourth-order valence-electron chi connectivity index (χ4n) is 1.87. The second kappa shape index (κ2) is 5.35. The van der Waals surface area contributed by atoms with Crippen LogP contribution in [-0.4, -0.2) is 13.6 Å². The Morgan fingerprint density at radius 3 is 2.85 bits per heavy atom. The number of fused-ring (bicyclic) bond motifs is 1. The molecule has 5 nitrogen and oxygen atoms in total. The molecule has 0 atom stereocenters. The summed E-state index contributed by atoms with van der Waals surface area (Å²) in [6.45, 7) is 0.301. The fraction of sp³-hybridized carbons (Fsp3) is 0.154. The standard InChI is InChI=1S/C13H12N2O3S2/c16-20(17,14-8-10-4-3-7-19-10)9-12-11-5-1-2-6-13(11)18-15-12/h1-7,14H,8-9H2. The quantitative estimate of drug-likeness (QED) is 0.786. The molecule has 0 aliphatic rings. The van der Waals surface area contributed by atoms with Crippen molar-refractivity contribution < 1.29 is 12.9 Å².